The van der Waals surface area contributed by atoms with Gasteiger partial charge in [0.05, 0.1) is 0 Å². The molecule has 0 bridgehead atoms. The summed E-state index contributed by atoms with van der Waals surface area (Å²) in [5, 5.41) is 11.0. The zero-order valence-corrected chi connectivity index (χ0v) is 27.0. The second kappa shape index (κ2) is 10.4. The molecule has 0 atom stereocenters. The van der Waals surface area contributed by atoms with E-state index in [-0.39, 0.29) is 0 Å². The van der Waals surface area contributed by atoms with E-state index in [4.69, 9.17) is 8.83 Å². The van der Waals surface area contributed by atoms with Crippen molar-refractivity contribution in [3.8, 4) is 44.7 Å². The van der Waals surface area contributed by atoms with Crippen LogP contribution in [0.4, 0.5) is 0 Å². The molecule has 50 heavy (non-hydrogen) atoms. The number of benzene rings is 9. The van der Waals surface area contributed by atoms with Gasteiger partial charge in [-0.3, -0.25) is 0 Å². The number of fused-ring (bicyclic) bond motifs is 4. The van der Waals surface area contributed by atoms with Crippen molar-refractivity contribution in [3.63, 3.8) is 0 Å². The summed E-state index contributed by atoms with van der Waals surface area (Å²) in [6.45, 7) is 0. The lowest BCUT2D eigenvalue weighted by molar-refractivity contribution is 0.632. The zero-order chi connectivity index (χ0) is 32.8. The van der Waals surface area contributed by atoms with Crippen LogP contribution in [-0.4, -0.2) is 0 Å². The Morgan fingerprint density at radius 2 is 0.880 bits per heavy atom. The van der Waals surface area contributed by atoms with E-state index in [1.165, 1.54) is 49.0 Å². The van der Waals surface area contributed by atoms with Gasteiger partial charge >= 0.3 is 0 Å². The molecule has 2 nitrogen and oxygen atoms in total. The van der Waals surface area contributed by atoms with Crippen LogP contribution in [0, 0.1) is 0 Å². The Labute approximate surface area is 287 Å². The molecule has 0 fully saturated rings. The lowest BCUT2D eigenvalue weighted by atomic mass is 9.87. The van der Waals surface area contributed by atoms with Crippen LogP contribution in [0.3, 0.4) is 0 Å². The minimum absolute atomic E-state index is 0.866. The summed E-state index contributed by atoms with van der Waals surface area (Å²) in [4.78, 5) is 0. The van der Waals surface area contributed by atoms with Gasteiger partial charge < -0.3 is 8.83 Å². The normalized spacial score (nSPS) is 12.0. The molecule has 0 aliphatic rings. The summed E-state index contributed by atoms with van der Waals surface area (Å²) in [6, 6.07) is 60.8. The van der Waals surface area contributed by atoms with Crippen LogP contribution in [0.2, 0.25) is 0 Å². The van der Waals surface area contributed by atoms with Crippen molar-refractivity contribution in [1.29, 1.82) is 0 Å². The van der Waals surface area contributed by atoms with Crippen molar-refractivity contribution in [1.82, 2.24) is 0 Å². The fourth-order valence-electron chi connectivity index (χ4n) is 8.17. The molecule has 2 heterocycles. The van der Waals surface area contributed by atoms with E-state index in [1.54, 1.807) is 0 Å². The molecule has 0 saturated carbocycles. The van der Waals surface area contributed by atoms with Gasteiger partial charge in [-0.15, -0.1) is 0 Å². The smallest absolute Gasteiger partial charge is 0.143 e. The highest BCUT2D eigenvalue weighted by atomic mass is 16.3. The molecule has 11 rings (SSSR count). The van der Waals surface area contributed by atoms with E-state index in [0.29, 0.717) is 0 Å². The Kier molecular flexibility index (Phi) is 5.70. The topological polar surface area (TPSA) is 26.3 Å². The summed E-state index contributed by atoms with van der Waals surface area (Å²) in [5.41, 5.74) is 10.8. The van der Waals surface area contributed by atoms with Crippen molar-refractivity contribution < 1.29 is 8.83 Å². The van der Waals surface area contributed by atoms with E-state index >= 15 is 0 Å². The minimum atomic E-state index is 0.866. The summed E-state index contributed by atoms with van der Waals surface area (Å²) < 4.78 is 12.9. The van der Waals surface area contributed by atoms with Crippen molar-refractivity contribution >= 4 is 65.2 Å². The molecule has 9 aromatic carbocycles. The second-order valence-corrected chi connectivity index (χ2v) is 13.2. The third kappa shape index (κ3) is 3.96. The lowest BCUT2D eigenvalue weighted by Gasteiger charge is -2.17. The molecule has 0 amide bonds. The van der Waals surface area contributed by atoms with Gasteiger partial charge in [0.25, 0.3) is 0 Å². The van der Waals surface area contributed by atoms with Gasteiger partial charge in [-0.05, 0) is 90.5 Å². The molecule has 0 saturated heterocycles. The Morgan fingerprint density at radius 1 is 0.300 bits per heavy atom. The highest BCUT2D eigenvalue weighted by molar-refractivity contribution is 6.27. The molecule has 0 aliphatic heterocycles. The van der Waals surface area contributed by atoms with E-state index < -0.39 is 0 Å². The third-order valence-corrected chi connectivity index (χ3v) is 10.4. The number of hydrogen-bond donors (Lipinski definition) is 0. The van der Waals surface area contributed by atoms with Crippen LogP contribution in [0.5, 0.6) is 0 Å². The lowest BCUT2D eigenvalue weighted by Crippen LogP contribution is -1.90. The third-order valence-electron chi connectivity index (χ3n) is 10.4. The summed E-state index contributed by atoms with van der Waals surface area (Å²) in [5.74, 6) is 0.866. The first-order valence-electron chi connectivity index (χ1n) is 17.1. The van der Waals surface area contributed by atoms with Crippen molar-refractivity contribution in [3.05, 3.63) is 170 Å². The molecule has 0 N–H and O–H groups in total. The molecular weight excluding hydrogens is 609 g/mol. The maximum absolute atomic E-state index is 6.72. The van der Waals surface area contributed by atoms with Gasteiger partial charge in [-0.1, -0.05) is 140 Å². The van der Waals surface area contributed by atoms with Gasteiger partial charge in [0.2, 0.25) is 0 Å². The van der Waals surface area contributed by atoms with Crippen LogP contribution in [-0.2, 0) is 0 Å². The van der Waals surface area contributed by atoms with Crippen LogP contribution in [0.15, 0.2) is 179 Å². The predicted octanol–water partition coefficient (Wildman–Crippen LogP) is 13.9. The van der Waals surface area contributed by atoms with E-state index in [2.05, 4.69) is 152 Å². The van der Waals surface area contributed by atoms with E-state index in [0.717, 1.165) is 60.9 Å². The molecule has 0 unspecified atom stereocenters. The predicted molar refractivity (Wildman–Crippen MR) is 209 cm³/mol. The summed E-state index contributed by atoms with van der Waals surface area (Å²) in [7, 11) is 0. The maximum Gasteiger partial charge on any atom is 0.143 e. The van der Waals surface area contributed by atoms with Crippen LogP contribution in [0.25, 0.3) is 110 Å². The van der Waals surface area contributed by atoms with Crippen molar-refractivity contribution in [2.24, 2.45) is 0 Å². The zero-order valence-electron chi connectivity index (χ0n) is 27.0. The first-order chi connectivity index (χ1) is 24.8. The van der Waals surface area contributed by atoms with Gasteiger partial charge in [0.1, 0.15) is 22.5 Å². The standard InChI is InChI=1S/C48H28O2/c1-2-9-29(10-3-1)35-22-17-30-20-25-39-36(23-18-31-19-24-38(35)45(30)46(31)39)32-11-8-12-34(27-32)48-47(40-14-5-7-16-43(40)50-48)33-21-26-44-41(28-33)37-13-4-6-15-42(37)49-44/h1-28H. The highest BCUT2D eigenvalue weighted by Gasteiger charge is 2.20. The Bertz CT molecular complexity index is 3090. The second-order valence-electron chi connectivity index (χ2n) is 13.2. The van der Waals surface area contributed by atoms with Gasteiger partial charge in [-0.25, -0.2) is 0 Å². The maximum atomic E-state index is 6.72. The van der Waals surface area contributed by atoms with Crippen LogP contribution < -0.4 is 0 Å². The molecule has 0 spiro atoms. The van der Waals surface area contributed by atoms with Crippen LogP contribution >= 0.6 is 0 Å². The molecular formula is C48H28O2. The molecule has 11 aromatic rings. The first kappa shape index (κ1) is 27.3. The molecule has 0 aliphatic carbocycles. The highest BCUT2D eigenvalue weighted by Crippen LogP contribution is 2.45. The number of furan rings is 2. The molecule has 0 radical (unpaired) electrons. The quantitative estimate of drug-likeness (QED) is 0.180. The average molecular weight is 637 g/mol. The minimum Gasteiger partial charge on any atom is -0.456 e. The van der Waals surface area contributed by atoms with Crippen molar-refractivity contribution in [2.45, 2.75) is 0 Å². The first-order valence-corrected chi connectivity index (χ1v) is 17.1. The largest absolute Gasteiger partial charge is 0.456 e. The fraction of sp³-hybridized carbons (Fsp3) is 0. The molecule has 2 heteroatoms. The Morgan fingerprint density at radius 3 is 1.64 bits per heavy atom. The van der Waals surface area contributed by atoms with Gasteiger partial charge in [-0.2, -0.15) is 0 Å². The van der Waals surface area contributed by atoms with Gasteiger partial charge in [0, 0.05) is 27.3 Å². The summed E-state index contributed by atoms with van der Waals surface area (Å²) >= 11 is 0. The van der Waals surface area contributed by atoms with Crippen molar-refractivity contribution in [2.75, 3.05) is 0 Å². The molecule has 232 valence electrons. The number of para-hydroxylation sites is 2. The average Bonchev–Trinajstić information content (AvgIpc) is 3.76. The number of hydrogen-bond acceptors (Lipinski definition) is 2. The summed E-state index contributed by atoms with van der Waals surface area (Å²) in [6.07, 6.45) is 0. The SMILES string of the molecule is c1ccc(-c2ccc3ccc4c(-c5cccc(-c6oc7ccccc7c6-c6ccc7oc8ccccc8c7c6)c5)ccc5ccc2c3c54)cc1. The van der Waals surface area contributed by atoms with E-state index in [1.807, 2.05) is 18.2 Å². The monoisotopic (exact) mass is 636 g/mol. The number of rotatable bonds is 4. The molecule has 2 aromatic heterocycles. The fourth-order valence-corrected chi connectivity index (χ4v) is 8.17. The Hall–Kier alpha value is -6.64. The van der Waals surface area contributed by atoms with Gasteiger partial charge in [0.15, 0.2) is 0 Å². The van der Waals surface area contributed by atoms with E-state index in [9.17, 15) is 0 Å². The van der Waals surface area contributed by atoms with Crippen LogP contribution in [0.1, 0.15) is 0 Å². The Balaban J connectivity index is 1.11.